The quantitative estimate of drug-likeness (QED) is 0.425. The van der Waals surface area contributed by atoms with Gasteiger partial charge < -0.3 is 24.3 Å². The minimum absolute atomic E-state index is 0.312. The SMILES string of the molecule is COc1cc(C=NNc2c([N+](=O)[O-])nn(C)c(=O)c2Cl)cc(OC)c1OC. The summed E-state index contributed by atoms with van der Waals surface area (Å²) in [6.45, 7) is 0. The summed E-state index contributed by atoms with van der Waals surface area (Å²) < 4.78 is 16.5. The van der Waals surface area contributed by atoms with Gasteiger partial charge in [0.05, 0.1) is 39.7 Å². The smallest absolute Gasteiger partial charge is 0.415 e. The Bertz CT molecular complexity index is 933. The lowest BCUT2D eigenvalue weighted by molar-refractivity contribution is -0.389. The van der Waals surface area contributed by atoms with Gasteiger partial charge >= 0.3 is 11.4 Å². The zero-order valence-corrected chi connectivity index (χ0v) is 15.6. The maximum Gasteiger partial charge on any atom is 0.415 e. The third kappa shape index (κ3) is 4.08. The maximum atomic E-state index is 11.8. The van der Waals surface area contributed by atoms with Crippen LogP contribution in [0.25, 0.3) is 0 Å². The van der Waals surface area contributed by atoms with Gasteiger partial charge in [0.25, 0.3) is 0 Å². The molecule has 0 saturated heterocycles. The van der Waals surface area contributed by atoms with Crippen LogP contribution in [0.4, 0.5) is 11.5 Å². The summed E-state index contributed by atoms with van der Waals surface area (Å²) in [4.78, 5) is 22.2. The van der Waals surface area contributed by atoms with Crippen LogP contribution in [0.3, 0.4) is 0 Å². The van der Waals surface area contributed by atoms with Gasteiger partial charge in [-0.15, -0.1) is 4.68 Å². The van der Waals surface area contributed by atoms with E-state index < -0.39 is 21.3 Å². The first-order valence-electron chi connectivity index (χ1n) is 7.34. The van der Waals surface area contributed by atoms with Crippen LogP contribution in [0.2, 0.25) is 5.02 Å². The van der Waals surface area contributed by atoms with Crippen molar-refractivity contribution in [3.63, 3.8) is 0 Å². The number of aryl methyl sites for hydroxylation is 1. The Morgan fingerprint density at radius 1 is 1.26 bits per heavy atom. The molecule has 11 nitrogen and oxygen atoms in total. The second kappa shape index (κ2) is 8.36. The van der Waals surface area contributed by atoms with Crippen LogP contribution in [0, 0.1) is 10.1 Å². The molecule has 0 aliphatic heterocycles. The van der Waals surface area contributed by atoms with E-state index in [4.69, 9.17) is 25.8 Å². The van der Waals surface area contributed by atoms with Crippen molar-refractivity contribution in [3.05, 3.63) is 43.2 Å². The molecule has 0 amide bonds. The maximum absolute atomic E-state index is 11.8. The Balaban J connectivity index is 2.40. The normalized spacial score (nSPS) is 10.7. The Labute approximate surface area is 158 Å². The fourth-order valence-electron chi connectivity index (χ4n) is 2.16. The minimum Gasteiger partial charge on any atom is -0.493 e. The predicted molar refractivity (Wildman–Crippen MR) is 98.5 cm³/mol. The van der Waals surface area contributed by atoms with Crippen LogP contribution in [-0.4, -0.2) is 42.2 Å². The van der Waals surface area contributed by atoms with Gasteiger partial charge in [-0.1, -0.05) is 11.6 Å². The van der Waals surface area contributed by atoms with Gasteiger partial charge in [0.2, 0.25) is 5.75 Å². The number of rotatable bonds is 7. The first kappa shape index (κ1) is 20.0. The van der Waals surface area contributed by atoms with E-state index in [0.29, 0.717) is 22.8 Å². The molecule has 0 aliphatic rings. The van der Waals surface area contributed by atoms with Gasteiger partial charge in [0, 0.05) is 5.56 Å². The van der Waals surface area contributed by atoms with Crippen molar-refractivity contribution in [2.45, 2.75) is 0 Å². The van der Waals surface area contributed by atoms with Crippen LogP contribution in [0.1, 0.15) is 5.56 Å². The molecule has 1 heterocycles. The summed E-state index contributed by atoms with van der Waals surface area (Å²) in [7, 11) is 5.65. The molecule has 0 unspecified atom stereocenters. The van der Waals surface area contributed by atoms with Crippen LogP contribution < -0.4 is 25.2 Å². The number of ether oxygens (including phenoxy) is 3. The van der Waals surface area contributed by atoms with Crippen LogP contribution in [-0.2, 0) is 7.05 Å². The van der Waals surface area contributed by atoms with E-state index in [1.165, 1.54) is 34.6 Å². The van der Waals surface area contributed by atoms with Crippen molar-refractivity contribution in [1.29, 1.82) is 0 Å². The van der Waals surface area contributed by atoms with Gasteiger partial charge in [-0.2, -0.15) is 5.10 Å². The van der Waals surface area contributed by atoms with Crippen LogP contribution >= 0.6 is 11.6 Å². The molecule has 144 valence electrons. The summed E-state index contributed by atoms with van der Waals surface area (Å²) >= 11 is 5.89. The van der Waals surface area contributed by atoms with Crippen molar-refractivity contribution in [1.82, 2.24) is 9.78 Å². The number of nitrogens with zero attached hydrogens (tertiary/aromatic N) is 4. The first-order valence-corrected chi connectivity index (χ1v) is 7.72. The Kier molecular flexibility index (Phi) is 6.19. The number of anilines is 1. The predicted octanol–water partition coefficient (Wildman–Crippen LogP) is 1.81. The number of benzene rings is 1. The number of aromatic nitrogens is 2. The van der Waals surface area contributed by atoms with Crippen LogP contribution in [0.5, 0.6) is 17.2 Å². The van der Waals surface area contributed by atoms with Crippen LogP contribution in [0.15, 0.2) is 22.0 Å². The fraction of sp³-hybridized carbons (Fsp3) is 0.267. The highest BCUT2D eigenvalue weighted by atomic mass is 35.5. The lowest BCUT2D eigenvalue weighted by Gasteiger charge is -2.12. The minimum atomic E-state index is -0.775. The molecule has 0 atom stereocenters. The van der Waals surface area contributed by atoms with E-state index in [0.717, 1.165) is 4.68 Å². The molecule has 1 aromatic carbocycles. The molecule has 12 heteroatoms. The fourth-order valence-corrected chi connectivity index (χ4v) is 2.41. The van der Waals surface area contributed by atoms with Crippen molar-refractivity contribution >= 4 is 29.3 Å². The van der Waals surface area contributed by atoms with E-state index in [1.54, 1.807) is 12.1 Å². The Morgan fingerprint density at radius 2 is 1.85 bits per heavy atom. The number of hydrazone groups is 1. The van der Waals surface area contributed by atoms with Gasteiger partial charge in [0.1, 0.15) is 5.02 Å². The van der Waals surface area contributed by atoms with Crippen molar-refractivity contribution < 1.29 is 19.1 Å². The van der Waals surface area contributed by atoms with E-state index in [2.05, 4.69) is 15.6 Å². The van der Waals surface area contributed by atoms with Crippen molar-refractivity contribution in [3.8, 4) is 17.2 Å². The third-order valence-corrected chi connectivity index (χ3v) is 3.77. The third-order valence-electron chi connectivity index (χ3n) is 3.42. The number of halogens is 1. The number of hydrogen-bond donors (Lipinski definition) is 1. The summed E-state index contributed by atoms with van der Waals surface area (Å²) in [5, 5.41) is 18.2. The standard InChI is InChI=1S/C15H16ClN5O6/c1-20-15(22)11(16)12(14(19-20)21(23)24)18-17-7-8-5-9(25-2)13(27-4)10(6-8)26-3/h5-7,18H,1-4H3. The molecular weight excluding hydrogens is 382 g/mol. The molecule has 2 rings (SSSR count). The molecule has 27 heavy (non-hydrogen) atoms. The lowest BCUT2D eigenvalue weighted by atomic mass is 10.2. The van der Waals surface area contributed by atoms with Gasteiger partial charge in [-0.05, 0) is 17.1 Å². The topological polar surface area (TPSA) is 130 Å². The average Bonchev–Trinajstić information content (AvgIpc) is 2.66. The van der Waals surface area contributed by atoms with Crippen molar-refractivity contribution in [2.75, 3.05) is 26.8 Å². The number of nitrogens with one attached hydrogen (secondary N) is 1. The monoisotopic (exact) mass is 397 g/mol. The summed E-state index contributed by atoms with van der Waals surface area (Å²) in [5.41, 5.74) is 1.91. The molecule has 0 saturated carbocycles. The zero-order chi connectivity index (χ0) is 20.1. The number of hydrogen-bond acceptors (Lipinski definition) is 9. The molecule has 0 bridgehead atoms. The second-order valence-corrected chi connectivity index (χ2v) is 5.41. The molecule has 0 radical (unpaired) electrons. The van der Waals surface area contributed by atoms with E-state index in [-0.39, 0.29) is 5.69 Å². The molecule has 1 N–H and O–H groups in total. The average molecular weight is 398 g/mol. The lowest BCUT2D eigenvalue weighted by Crippen LogP contribution is -2.22. The highest BCUT2D eigenvalue weighted by Crippen LogP contribution is 2.37. The highest BCUT2D eigenvalue weighted by Gasteiger charge is 2.24. The first-order chi connectivity index (χ1) is 12.8. The van der Waals surface area contributed by atoms with E-state index >= 15 is 0 Å². The Morgan fingerprint density at radius 3 is 2.33 bits per heavy atom. The summed E-state index contributed by atoms with van der Waals surface area (Å²) in [6, 6.07) is 3.23. The highest BCUT2D eigenvalue weighted by molar-refractivity contribution is 6.33. The molecule has 2 aromatic rings. The molecule has 0 fully saturated rings. The number of nitro groups is 1. The largest absolute Gasteiger partial charge is 0.493 e. The van der Waals surface area contributed by atoms with Gasteiger partial charge in [-0.25, -0.2) is 0 Å². The molecule has 1 aromatic heterocycles. The number of methoxy groups -OCH3 is 3. The molecule has 0 aliphatic carbocycles. The van der Waals surface area contributed by atoms with Gasteiger partial charge in [-0.3, -0.25) is 10.2 Å². The van der Waals surface area contributed by atoms with Crippen molar-refractivity contribution in [2.24, 2.45) is 12.1 Å². The Hall–Kier alpha value is -3.34. The second-order valence-electron chi connectivity index (χ2n) is 5.03. The summed E-state index contributed by atoms with van der Waals surface area (Å²) in [5.74, 6) is 0.568. The summed E-state index contributed by atoms with van der Waals surface area (Å²) in [6.07, 6.45) is 1.34. The van der Waals surface area contributed by atoms with Gasteiger partial charge in [0.15, 0.2) is 17.2 Å². The van der Waals surface area contributed by atoms with E-state index in [1.807, 2.05) is 0 Å². The zero-order valence-electron chi connectivity index (χ0n) is 14.8. The molecule has 0 spiro atoms. The van der Waals surface area contributed by atoms with E-state index in [9.17, 15) is 14.9 Å². The molecular formula is C15H16ClN5O6.